The number of para-hydroxylation sites is 1. The summed E-state index contributed by atoms with van der Waals surface area (Å²) in [5.41, 5.74) is 4.58. The van der Waals surface area contributed by atoms with E-state index in [-0.39, 0.29) is 17.8 Å². The third-order valence-corrected chi connectivity index (χ3v) is 7.45. The maximum atomic E-state index is 13.1. The molecular weight excluding hydrogens is 460 g/mol. The molecule has 0 radical (unpaired) electrons. The van der Waals surface area contributed by atoms with E-state index >= 15 is 0 Å². The number of likely N-dealkylation sites (tertiary alicyclic amines) is 1. The zero-order valence-electron chi connectivity index (χ0n) is 20.2. The van der Waals surface area contributed by atoms with Gasteiger partial charge in [0.2, 0.25) is 11.8 Å². The predicted octanol–water partition coefficient (Wildman–Crippen LogP) is 4.21. The van der Waals surface area contributed by atoms with Crippen molar-refractivity contribution >= 4 is 29.6 Å². The Labute approximate surface area is 209 Å². The van der Waals surface area contributed by atoms with Crippen molar-refractivity contribution in [1.82, 2.24) is 9.88 Å². The summed E-state index contributed by atoms with van der Waals surface area (Å²) in [5.74, 6) is -2.18. The average Bonchev–Trinajstić information content (AvgIpc) is 3.42. The minimum atomic E-state index is -0.927. The first kappa shape index (κ1) is 23.9. The lowest BCUT2D eigenvalue weighted by molar-refractivity contribution is -0.137. The summed E-state index contributed by atoms with van der Waals surface area (Å²) in [6.07, 6.45) is 4.25. The fourth-order valence-electron chi connectivity index (χ4n) is 5.81. The van der Waals surface area contributed by atoms with Gasteiger partial charge in [-0.25, -0.2) is 4.79 Å². The van der Waals surface area contributed by atoms with Gasteiger partial charge in [-0.15, -0.1) is 0 Å². The van der Waals surface area contributed by atoms with Crippen LogP contribution in [0.15, 0.2) is 59.8 Å². The van der Waals surface area contributed by atoms with Crippen LogP contribution >= 0.6 is 0 Å². The van der Waals surface area contributed by atoms with Crippen molar-refractivity contribution in [3.8, 4) is 5.75 Å². The number of imide groups is 3. The second-order valence-electron chi connectivity index (χ2n) is 9.46. The number of aromatic hydroxyl groups is 1. The van der Waals surface area contributed by atoms with Gasteiger partial charge in [-0.2, -0.15) is 4.90 Å². The van der Waals surface area contributed by atoms with Gasteiger partial charge in [-0.1, -0.05) is 29.8 Å². The molecule has 1 aliphatic carbocycles. The average molecular weight is 489 g/mol. The topological polar surface area (TPSA) is 106 Å². The molecule has 3 amide bonds. The lowest BCUT2D eigenvalue weighted by Gasteiger charge is -2.30. The van der Waals surface area contributed by atoms with E-state index < -0.39 is 29.7 Å². The highest BCUT2D eigenvalue weighted by molar-refractivity contribution is 6.16. The van der Waals surface area contributed by atoms with E-state index in [0.717, 1.165) is 29.5 Å². The monoisotopic (exact) mass is 488 g/mol. The minimum Gasteiger partial charge on any atom is -0.507 e. The van der Waals surface area contributed by atoms with Crippen molar-refractivity contribution in [3.05, 3.63) is 71.1 Å². The van der Waals surface area contributed by atoms with Crippen LogP contribution in [-0.2, 0) is 19.1 Å². The van der Waals surface area contributed by atoms with Crippen LogP contribution in [0.1, 0.15) is 37.4 Å². The lowest BCUT2D eigenvalue weighted by atomic mass is 9.70. The number of allylic oxidation sites excluding steroid dienone is 2. The molecule has 0 bridgehead atoms. The number of phenolic OH excluding ortho intramolecular Hbond substituents is 1. The third kappa shape index (κ3) is 4.11. The van der Waals surface area contributed by atoms with Crippen LogP contribution in [0, 0.1) is 17.8 Å². The molecule has 5 rings (SSSR count). The van der Waals surface area contributed by atoms with Crippen molar-refractivity contribution in [2.75, 3.05) is 13.7 Å². The summed E-state index contributed by atoms with van der Waals surface area (Å²) >= 11 is 0. The molecule has 1 aromatic carbocycles. The van der Waals surface area contributed by atoms with Crippen molar-refractivity contribution in [3.63, 3.8) is 0 Å². The number of phenols is 1. The molecule has 0 saturated carbocycles. The summed E-state index contributed by atoms with van der Waals surface area (Å²) in [6.45, 7) is 2.31. The SMILES string of the molecule is COC(=O)N1C(=O)[C@@H]2[C@@H](CC(C)=C3[C@@H](CC/C(=C/c4ccccc4O)c4ccccn4)OC[C@@H]32)C1=O. The number of carbonyl (C=O) groups excluding carboxylic acids is 3. The first-order valence-corrected chi connectivity index (χ1v) is 12.1. The van der Waals surface area contributed by atoms with Gasteiger partial charge in [-0.3, -0.25) is 14.6 Å². The van der Waals surface area contributed by atoms with Crippen LogP contribution < -0.4 is 0 Å². The number of carbonyl (C=O) groups is 3. The quantitative estimate of drug-likeness (QED) is 0.496. The number of pyridine rings is 1. The van der Waals surface area contributed by atoms with Crippen molar-refractivity contribution in [2.24, 2.45) is 17.8 Å². The number of hydrogen-bond acceptors (Lipinski definition) is 7. The van der Waals surface area contributed by atoms with E-state index in [9.17, 15) is 19.5 Å². The number of fused-ring (bicyclic) bond motifs is 3. The zero-order valence-corrected chi connectivity index (χ0v) is 20.2. The van der Waals surface area contributed by atoms with Crippen molar-refractivity contribution < 1.29 is 29.0 Å². The Hall–Kier alpha value is -3.78. The molecule has 1 aromatic heterocycles. The first-order chi connectivity index (χ1) is 17.4. The second kappa shape index (κ2) is 9.70. The molecule has 2 fully saturated rings. The standard InChI is InChI=1S/C28H28N2O6/c1-16-13-19-25(27(33)30(26(19)32)28(34)35-2)20-15-36-23(24(16)20)11-10-17(21-8-5-6-12-29-21)14-18-7-3-4-9-22(18)31/h3-9,12,14,19-20,23,25,31H,10-11,13,15H2,1-2H3/b17-14-/t19-,20+,23-,25-/m1/s1. The van der Waals surface area contributed by atoms with E-state index in [0.29, 0.717) is 36.3 Å². The number of benzene rings is 1. The van der Waals surface area contributed by atoms with Crippen LogP contribution in [-0.4, -0.2) is 52.7 Å². The van der Waals surface area contributed by atoms with Gasteiger partial charge >= 0.3 is 6.09 Å². The largest absolute Gasteiger partial charge is 0.507 e. The van der Waals surface area contributed by atoms with Crippen LogP contribution in [0.5, 0.6) is 5.75 Å². The van der Waals surface area contributed by atoms with Gasteiger partial charge in [0.15, 0.2) is 0 Å². The summed E-state index contributed by atoms with van der Waals surface area (Å²) in [5, 5.41) is 10.3. The molecule has 3 aliphatic rings. The number of methoxy groups -OCH3 is 1. The molecule has 0 unspecified atom stereocenters. The molecule has 8 heteroatoms. The Morgan fingerprint density at radius 2 is 1.94 bits per heavy atom. The van der Waals surface area contributed by atoms with Gasteiger partial charge < -0.3 is 14.6 Å². The first-order valence-electron chi connectivity index (χ1n) is 12.1. The van der Waals surface area contributed by atoms with Gasteiger partial charge in [0.05, 0.1) is 37.4 Å². The Kier molecular flexibility index (Phi) is 6.45. The summed E-state index contributed by atoms with van der Waals surface area (Å²) in [4.78, 5) is 43.2. The van der Waals surface area contributed by atoms with Crippen LogP contribution in [0.25, 0.3) is 11.6 Å². The molecule has 186 valence electrons. The molecule has 2 aromatic rings. The number of hydrogen-bond donors (Lipinski definition) is 1. The Balaban J connectivity index is 1.39. The van der Waals surface area contributed by atoms with E-state index in [1.165, 1.54) is 0 Å². The van der Waals surface area contributed by atoms with E-state index in [4.69, 9.17) is 4.74 Å². The molecule has 8 nitrogen and oxygen atoms in total. The molecular formula is C28H28N2O6. The summed E-state index contributed by atoms with van der Waals surface area (Å²) < 4.78 is 10.9. The highest BCUT2D eigenvalue weighted by atomic mass is 16.5. The Morgan fingerprint density at radius 1 is 1.17 bits per heavy atom. The zero-order chi connectivity index (χ0) is 25.4. The van der Waals surface area contributed by atoms with E-state index in [1.807, 2.05) is 43.3 Å². The fourth-order valence-corrected chi connectivity index (χ4v) is 5.81. The lowest BCUT2D eigenvalue weighted by Crippen LogP contribution is -2.37. The maximum absolute atomic E-state index is 13.1. The smallest absolute Gasteiger partial charge is 0.423 e. The van der Waals surface area contributed by atoms with Gasteiger partial charge in [0, 0.05) is 17.7 Å². The van der Waals surface area contributed by atoms with E-state index in [2.05, 4.69) is 9.72 Å². The minimum absolute atomic E-state index is 0.194. The molecule has 36 heavy (non-hydrogen) atoms. The Morgan fingerprint density at radius 3 is 2.67 bits per heavy atom. The summed E-state index contributed by atoms with van der Waals surface area (Å²) in [7, 11) is 1.16. The predicted molar refractivity (Wildman–Crippen MR) is 131 cm³/mol. The molecule has 0 spiro atoms. The summed E-state index contributed by atoms with van der Waals surface area (Å²) in [6, 6.07) is 12.9. The second-order valence-corrected chi connectivity index (χ2v) is 9.46. The third-order valence-electron chi connectivity index (χ3n) is 7.45. The molecule has 4 atom stereocenters. The van der Waals surface area contributed by atoms with Crippen molar-refractivity contribution in [2.45, 2.75) is 32.3 Å². The normalized spacial score (nSPS) is 25.7. The fraction of sp³-hybridized carbons (Fsp3) is 0.357. The number of nitrogens with zero attached hydrogens (tertiary/aromatic N) is 2. The van der Waals surface area contributed by atoms with Crippen LogP contribution in [0.4, 0.5) is 4.79 Å². The van der Waals surface area contributed by atoms with Crippen molar-refractivity contribution in [1.29, 1.82) is 0 Å². The highest BCUT2D eigenvalue weighted by Crippen LogP contribution is 2.50. The number of amides is 3. The Bertz CT molecular complexity index is 1270. The molecule has 3 heterocycles. The number of ether oxygens (including phenoxy) is 2. The van der Waals surface area contributed by atoms with E-state index in [1.54, 1.807) is 18.3 Å². The highest BCUT2D eigenvalue weighted by Gasteiger charge is 2.58. The van der Waals surface area contributed by atoms with Gasteiger partial charge in [-0.05, 0) is 61.6 Å². The van der Waals surface area contributed by atoms with Gasteiger partial charge in [0.25, 0.3) is 0 Å². The molecule has 1 N–H and O–H groups in total. The molecule has 2 saturated heterocycles. The van der Waals surface area contributed by atoms with Crippen LogP contribution in [0.2, 0.25) is 0 Å². The number of aromatic nitrogens is 1. The van der Waals surface area contributed by atoms with Gasteiger partial charge in [0.1, 0.15) is 5.75 Å². The maximum Gasteiger partial charge on any atom is 0.423 e. The molecule has 2 aliphatic heterocycles. The number of rotatable bonds is 5. The van der Waals surface area contributed by atoms with Crippen LogP contribution in [0.3, 0.4) is 0 Å².